The second kappa shape index (κ2) is 6.49. The molecule has 0 saturated heterocycles. The van der Waals surface area contributed by atoms with E-state index in [9.17, 15) is 5.11 Å². The lowest BCUT2D eigenvalue weighted by molar-refractivity contribution is 0.423. The molecule has 130 valence electrons. The van der Waals surface area contributed by atoms with Crippen molar-refractivity contribution in [2.24, 2.45) is 0 Å². The van der Waals surface area contributed by atoms with Gasteiger partial charge in [-0.05, 0) is 58.7 Å². The number of aromatic hydroxyl groups is 1. The van der Waals surface area contributed by atoms with Crippen molar-refractivity contribution in [3.63, 3.8) is 0 Å². The van der Waals surface area contributed by atoms with Gasteiger partial charge >= 0.3 is 0 Å². The van der Waals surface area contributed by atoms with Crippen LogP contribution in [-0.4, -0.2) is 5.11 Å². The Balaban J connectivity index is 2.81. The molecule has 0 saturated carbocycles. The number of halogens is 2. The highest BCUT2D eigenvalue weighted by atomic mass is 79.9. The van der Waals surface area contributed by atoms with Crippen LogP contribution in [0.2, 0.25) is 0 Å². The molecular weight excluding hydrogens is 428 g/mol. The number of phenolic OH excluding ortho intramolecular Hbond substituents is 1. The predicted octanol–water partition coefficient (Wildman–Crippen LogP) is 7.49. The van der Waals surface area contributed by atoms with Crippen LogP contribution in [0.5, 0.6) is 5.75 Å². The number of rotatable bonds is 1. The summed E-state index contributed by atoms with van der Waals surface area (Å²) in [6.07, 6.45) is 0. The van der Waals surface area contributed by atoms with Gasteiger partial charge in [-0.25, -0.2) is 0 Å². The molecule has 0 spiro atoms. The molecule has 0 unspecified atom stereocenters. The van der Waals surface area contributed by atoms with Crippen molar-refractivity contribution in [3.8, 4) is 16.9 Å². The van der Waals surface area contributed by atoms with E-state index in [2.05, 4.69) is 105 Å². The lowest BCUT2D eigenvalue weighted by atomic mass is 9.78. The van der Waals surface area contributed by atoms with Crippen LogP contribution in [0.15, 0.2) is 33.2 Å². The average Bonchev–Trinajstić information content (AvgIpc) is 2.41. The first-order chi connectivity index (χ1) is 10.8. The Morgan fingerprint density at radius 2 is 1.04 bits per heavy atom. The minimum Gasteiger partial charge on any atom is -0.507 e. The van der Waals surface area contributed by atoms with Gasteiger partial charge in [-0.1, -0.05) is 73.4 Å². The van der Waals surface area contributed by atoms with Crippen LogP contribution in [0.4, 0.5) is 0 Å². The molecule has 0 aromatic heterocycles. The van der Waals surface area contributed by atoms with Gasteiger partial charge in [0.05, 0.1) is 0 Å². The fourth-order valence-corrected chi connectivity index (χ4v) is 3.94. The van der Waals surface area contributed by atoms with Crippen molar-refractivity contribution in [1.82, 2.24) is 0 Å². The normalized spacial score (nSPS) is 12.5. The molecule has 0 heterocycles. The van der Waals surface area contributed by atoms with Gasteiger partial charge in [0.2, 0.25) is 0 Å². The smallest absolute Gasteiger partial charge is 0.123 e. The molecule has 2 rings (SSSR count). The predicted molar refractivity (Wildman–Crippen MR) is 111 cm³/mol. The van der Waals surface area contributed by atoms with Crippen molar-refractivity contribution in [2.45, 2.75) is 59.3 Å². The number of benzene rings is 2. The van der Waals surface area contributed by atoms with Crippen LogP contribution in [0, 0.1) is 6.92 Å². The van der Waals surface area contributed by atoms with E-state index in [0.29, 0.717) is 5.75 Å². The molecule has 0 aliphatic carbocycles. The second-order valence-corrected chi connectivity index (χ2v) is 10.2. The van der Waals surface area contributed by atoms with Crippen LogP contribution >= 0.6 is 31.9 Å². The van der Waals surface area contributed by atoms with Crippen LogP contribution in [0.1, 0.15) is 58.2 Å². The number of phenols is 1. The van der Waals surface area contributed by atoms with E-state index in [-0.39, 0.29) is 10.8 Å². The lowest BCUT2D eigenvalue weighted by Gasteiger charge is -2.28. The minimum absolute atomic E-state index is 0.126. The molecule has 0 atom stereocenters. The van der Waals surface area contributed by atoms with E-state index in [1.54, 1.807) is 0 Å². The SMILES string of the molecule is Cc1c(Br)cc(-c2cc(C(C)(C)C)c(O)c(C(C)(C)C)c2)cc1Br. The molecule has 1 nitrogen and oxygen atoms in total. The maximum atomic E-state index is 10.9. The molecular formula is C21H26Br2O. The average molecular weight is 454 g/mol. The Morgan fingerprint density at radius 1 is 0.708 bits per heavy atom. The fraction of sp³-hybridized carbons (Fsp3) is 0.429. The van der Waals surface area contributed by atoms with Gasteiger partial charge in [-0.15, -0.1) is 0 Å². The van der Waals surface area contributed by atoms with Crippen LogP contribution in [0.3, 0.4) is 0 Å². The summed E-state index contributed by atoms with van der Waals surface area (Å²) in [6.45, 7) is 14.9. The van der Waals surface area contributed by atoms with Crippen LogP contribution in [0.25, 0.3) is 11.1 Å². The molecule has 0 radical (unpaired) electrons. The molecule has 0 bridgehead atoms. The number of hydrogen-bond donors (Lipinski definition) is 1. The van der Waals surface area contributed by atoms with E-state index in [0.717, 1.165) is 31.2 Å². The highest BCUT2D eigenvalue weighted by Crippen LogP contribution is 2.43. The molecule has 0 aliphatic rings. The Morgan fingerprint density at radius 3 is 1.38 bits per heavy atom. The zero-order chi connectivity index (χ0) is 18.4. The van der Waals surface area contributed by atoms with Crippen molar-refractivity contribution in [1.29, 1.82) is 0 Å². The minimum atomic E-state index is -0.126. The third-order valence-corrected chi connectivity index (χ3v) is 5.99. The zero-order valence-corrected chi connectivity index (χ0v) is 18.7. The first-order valence-corrected chi connectivity index (χ1v) is 9.75. The third kappa shape index (κ3) is 3.88. The maximum Gasteiger partial charge on any atom is 0.123 e. The fourth-order valence-electron chi connectivity index (χ4n) is 2.76. The first kappa shape index (κ1) is 19.5. The Labute approximate surface area is 162 Å². The second-order valence-electron chi connectivity index (χ2n) is 8.48. The highest BCUT2D eigenvalue weighted by molar-refractivity contribution is 9.11. The summed E-state index contributed by atoms with van der Waals surface area (Å²) in [5.74, 6) is 0.420. The van der Waals surface area contributed by atoms with Gasteiger partial charge in [0.15, 0.2) is 0 Å². The topological polar surface area (TPSA) is 20.2 Å². The Kier molecular flexibility index (Phi) is 5.28. The van der Waals surface area contributed by atoms with E-state index in [1.807, 2.05) is 0 Å². The van der Waals surface area contributed by atoms with Gasteiger partial charge in [-0.3, -0.25) is 0 Å². The van der Waals surface area contributed by atoms with Gasteiger partial charge < -0.3 is 5.11 Å². The maximum absolute atomic E-state index is 10.9. The van der Waals surface area contributed by atoms with Gasteiger partial charge in [0, 0.05) is 20.1 Å². The first-order valence-electron chi connectivity index (χ1n) is 8.16. The summed E-state index contributed by atoms with van der Waals surface area (Å²) < 4.78 is 2.16. The molecule has 2 aromatic rings. The monoisotopic (exact) mass is 452 g/mol. The summed E-state index contributed by atoms with van der Waals surface area (Å²) in [5.41, 5.74) is 5.16. The Bertz CT molecular complexity index is 719. The molecule has 24 heavy (non-hydrogen) atoms. The van der Waals surface area contributed by atoms with Crippen LogP contribution in [-0.2, 0) is 10.8 Å². The summed E-state index contributed by atoms with van der Waals surface area (Å²) in [4.78, 5) is 0. The lowest BCUT2D eigenvalue weighted by Crippen LogP contribution is -2.17. The standard InChI is InChI=1S/C21H26Br2O/c1-12-17(22)10-14(11-18(12)23)13-8-15(20(2,3)4)19(24)16(9-13)21(5,6)7/h8-11,24H,1-7H3. The van der Waals surface area contributed by atoms with Crippen LogP contribution < -0.4 is 0 Å². The van der Waals surface area contributed by atoms with E-state index >= 15 is 0 Å². The summed E-state index contributed by atoms with van der Waals surface area (Å²) in [7, 11) is 0. The summed E-state index contributed by atoms with van der Waals surface area (Å²) >= 11 is 7.29. The van der Waals surface area contributed by atoms with Gasteiger partial charge in [0.1, 0.15) is 5.75 Å². The van der Waals surface area contributed by atoms with Crippen molar-refractivity contribution in [2.75, 3.05) is 0 Å². The molecule has 0 aliphatic heterocycles. The van der Waals surface area contributed by atoms with E-state index < -0.39 is 0 Å². The zero-order valence-electron chi connectivity index (χ0n) is 15.5. The van der Waals surface area contributed by atoms with E-state index in [1.165, 1.54) is 5.56 Å². The van der Waals surface area contributed by atoms with Crippen molar-refractivity contribution >= 4 is 31.9 Å². The van der Waals surface area contributed by atoms with Crippen molar-refractivity contribution in [3.05, 3.63) is 49.9 Å². The summed E-state index contributed by atoms with van der Waals surface area (Å²) in [5, 5.41) is 10.9. The Hall–Kier alpha value is -0.800. The molecule has 2 aromatic carbocycles. The van der Waals surface area contributed by atoms with Gasteiger partial charge in [0.25, 0.3) is 0 Å². The number of hydrogen-bond acceptors (Lipinski definition) is 1. The third-order valence-electron chi connectivity index (χ3n) is 4.34. The van der Waals surface area contributed by atoms with E-state index in [4.69, 9.17) is 0 Å². The molecule has 0 amide bonds. The highest BCUT2D eigenvalue weighted by Gasteiger charge is 2.26. The van der Waals surface area contributed by atoms with Gasteiger partial charge in [-0.2, -0.15) is 0 Å². The molecule has 3 heteroatoms. The largest absolute Gasteiger partial charge is 0.507 e. The quantitative estimate of drug-likeness (QED) is 0.474. The van der Waals surface area contributed by atoms with Crippen molar-refractivity contribution < 1.29 is 5.11 Å². The molecule has 1 N–H and O–H groups in total. The molecule has 0 fully saturated rings. The summed E-state index contributed by atoms with van der Waals surface area (Å²) in [6, 6.07) is 8.53.